The summed E-state index contributed by atoms with van der Waals surface area (Å²) in [5, 5.41) is 12.1. The number of benzene rings is 2. The molecule has 0 atom stereocenters. The van der Waals surface area contributed by atoms with Crippen LogP contribution in [-0.2, 0) is 5.41 Å². The highest BCUT2D eigenvalue weighted by atomic mass is 19.2. The molecule has 1 saturated carbocycles. The first kappa shape index (κ1) is 22.2. The molecule has 3 aromatic rings. The molecule has 0 N–H and O–H groups in total. The maximum Gasteiger partial charge on any atom is 0.163 e. The molecule has 168 valence electrons. The number of carbonyl (C=O) groups is 1. The van der Waals surface area contributed by atoms with Crippen molar-refractivity contribution in [3.05, 3.63) is 59.4 Å². The molecule has 0 amide bonds. The number of halogens is 2. The van der Waals surface area contributed by atoms with Crippen LogP contribution in [0.2, 0.25) is 0 Å². The molecular formula is C25H28F2N4O. The fraction of sp³-hybridized carbons (Fsp3) is 0.440. The molecule has 0 saturated heterocycles. The van der Waals surface area contributed by atoms with Crippen LogP contribution in [0, 0.1) is 23.0 Å². The summed E-state index contributed by atoms with van der Waals surface area (Å²) in [6.45, 7) is 10.2. The van der Waals surface area contributed by atoms with E-state index in [4.69, 9.17) is 0 Å². The Hall–Kier alpha value is -2.96. The largest absolute Gasteiger partial charge is 0.294 e. The van der Waals surface area contributed by atoms with Gasteiger partial charge in [-0.25, -0.2) is 8.78 Å². The summed E-state index contributed by atoms with van der Waals surface area (Å²) in [6, 6.07) is 9.04. The monoisotopic (exact) mass is 438 g/mol. The number of aromatic nitrogens is 4. The third-order valence-electron chi connectivity index (χ3n) is 6.18. The first-order valence-electron chi connectivity index (χ1n) is 10.9. The molecule has 7 heteroatoms. The van der Waals surface area contributed by atoms with E-state index in [1.165, 1.54) is 6.07 Å². The normalized spacial score (nSPS) is 14.6. The Labute approximate surface area is 186 Å². The van der Waals surface area contributed by atoms with Crippen LogP contribution >= 0.6 is 0 Å². The van der Waals surface area contributed by atoms with Crippen LogP contribution in [0.15, 0.2) is 36.4 Å². The lowest BCUT2D eigenvalue weighted by molar-refractivity contribution is 0.0917. The smallest absolute Gasteiger partial charge is 0.163 e. The minimum Gasteiger partial charge on any atom is -0.294 e. The zero-order valence-corrected chi connectivity index (χ0v) is 19.1. The summed E-state index contributed by atoms with van der Waals surface area (Å²) in [7, 11) is 0. The minimum absolute atomic E-state index is 0.0120. The number of ketones is 1. The summed E-state index contributed by atoms with van der Waals surface area (Å²) < 4.78 is 29.1. The lowest BCUT2D eigenvalue weighted by atomic mass is 9.80. The zero-order valence-electron chi connectivity index (χ0n) is 19.1. The van der Waals surface area contributed by atoms with Crippen molar-refractivity contribution >= 4 is 5.78 Å². The van der Waals surface area contributed by atoms with E-state index in [0.29, 0.717) is 40.5 Å². The summed E-state index contributed by atoms with van der Waals surface area (Å²) in [6.07, 6.45) is 2.72. The second-order valence-electron chi connectivity index (χ2n) is 10.4. The van der Waals surface area contributed by atoms with Crippen molar-refractivity contribution in [3.8, 4) is 16.8 Å². The fourth-order valence-corrected chi connectivity index (χ4v) is 4.09. The molecule has 4 rings (SSSR count). The van der Waals surface area contributed by atoms with E-state index in [2.05, 4.69) is 29.4 Å². The number of tetrazole rings is 1. The Morgan fingerprint density at radius 2 is 1.72 bits per heavy atom. The average molecular weight is 439 g/mol. The van der Waals surface area contributed by atoms with Gasteiger partial charge in [-0.1, -0.05) is 40.7 Å². The summed E-state index contributed by atoms with van der Waals surface area (Å²) in [5.41, 5.74) is 1.78. The number of nitrogens with zero attached hydrogens (tertiary/aromatic N) is 4. The van der Waals surface area contributed by atoms with Crippen LogP contribution in [0.25, 0.3) is 16.8 Å². The Kier molecular flexibility index (Phi) is 5.47. The van der Waals surface area contributed by atoms with E-state index >= 15 is 0 Å². The molecule has 1 aliphatic rings. The van der Waals surface area contributed by atoms with Crippen molar-refractivity contribution in [2.75, 3.05) is 0 Å². The van der Waals surface area contributed by atoms with Gasteiger partial charge in [0.05, 0.1) is 5.69 Å². The average Bonchev–Trinajstić information content (AvgIpc) is 3.46. The molecule has 1 aromatic heterocycles. The standard InChI is InChI=1S/C25H28F2N4O/c1-24(2,3)23-28-29-30-31(23)19-11-16(15-6-9-20(26)21(27)13-15)10-17(12-19)22(32)14-25(4,5)18-7-8-18/h6,9-13,18H,7-8,14H2,1-5H3. The Bertz CT molecular complexity index is 1170. The molecular weight excluding hydrogens is 410 g/mol. The zero-order chi connectivity index (χ0) is 23.3. The maximum atomic E-state index is 14.0. The van der Waals surface area contributed by atoms with Crippen molar-refractivity contribution in [2.45, 2.75) is 59.3 Å². The molecule has 1 aliphatic carbocycles. The summed E-state index contributed by atoms with van der Waals surface area (Å²) in [4.78, 5) is 13.3. The summed E-state index contributed by atoms with van der Waals surface area (Å²) >= 11 is 0. The van der Waals surface area contributed by atoms with Crippen molar-refractivity contribution in [1.82, 2.24) is 20.2 Å². The SMILES string of the molecule is CC(C)(C)c1nnnn1-c1cc(C(=O)CC(C)(C)C2CC2)cc(-c2ccc(F)c(F)c2)c1. The molecule has 1 fully saturated rings. The third-order valence-corrected chi connectivity index (χ3v) is 6.18. The molecule has 5 nitrogen and oxygen atoms in total. The lowest BCUT2D eigenvalue weighted by Crippen LogP contribution is -2.21. The van der Waals surface area contributed by atoms with E-state index in [1.54, 1.807) is 22.9 Å². The van der Waals surface area contributed by atoms with Gasteiger partial charge in [0.25, 0.3) is 0 Å². The third kappa shape index (κ3) is 4.47. The first-order chi connectivity index (χ1) is 15.0. The maximum absolute atomic E-state index is 14.0. The van der Waals surface area contributed by atoms with E-state index in [-0.39, 0.29) is 16.6 Å². The van der Waals surface area contributed by atoms with Gasteiger partial charge in [-0.3, -0.25) is 4.79 Å². The van der Waals surface area contributed by atoms with Gasteiger partial charge in [0, 0.05) is 17.4 Å². The van der Waals surface area contributed by atoms with Gasteiger partial charge in [0.15, 0.2) is 23.2 Å². The molecule has 2 aromatic carbocycles. The molecule has 0 spiro atoms. The lowest BCUT2D eigenvalue weighted by Gasteiger charge is -2.23. The van der Waals surface area contributed by atoms with E-state index < -0.39 is 11.6 Å². The second kappa shape index (κ2) is 7.87. The molecule has 1 heterocycles. The van der Waals surface area contributed by atoms with E-state index in [0.717, 1.165) is 25.0 Å². The highest BCUT2D eigenvalue weighted by Gasteiger charge is 2.39. The van der Waals surface area contributed by atoms with Gasteiger partial charge >= 0.3 is 0 Å². The van der Waals surface area contributed by atoms with Crippen LogP contribution < -0.4 is 0 Å². The predicted molar refractivity (Wildman–Crippen MR) is 119 cm³/mol. The number of rotatable bonds is 6. The van der Waals surface area contributed by atoms with Crippen molar-refractivity contribution in [2.24, 2.45) is 11.3 Å². The molecule has 0 bridgehead atoms. The predicted octanol–water partition coefficient (Wildman–Crippen LogP) is 5.91. The molecule has 0 aliphatic heterocycles. The number of carbonyl (C=O) groups excluding carboxylic acids is 1. The van der Waals surface area contributed by atoms with Crippen molar-refractivity contribution in [1.29, 1.82) is 0 Å². The molecule has 0 unspecified atom stereocenters. The highest BCUT2D eigenvalue weighted by Crippen LogP contribution is 2.47. The van der Waals surface area contributed by atoms with Crippen molar-refractivity contribution in [3.63, 3.8) is 0 Å². The van der Waals surface area contributed by atoms with Gasteiger partial charge in [-0.05, 0) is 76.1 Å². The fourth-order valence-electron chi connectivity index (χ4n) is 4.09. The highest BCUT2D eigenvalue weighted by molar-refractivity contribution is 5.98. The minimum atomic E-state index is -0.937. The van der Waals surface area contributed by atoms with Crippen LogP contribution in [-0.4, -0.2) is 26.0 Å². The van der Waals surface area contributed by atoms with E-state index in [9.17, 15) is 13.6 Å². The van der Waals surface area contributed by atoms with Gasteiger partial charge < -0.3 is 0 Å². The first-order valence-corrected chi connectivity index (χ1v) is 10.9. The number of Topliss-reactive ketones (excluding diaryl/α,β-unsaturated/α-hetero) is 1. The second-order valence-corrected chi connectivity index (χ2v) is 10.4. The molecule has 0 radical (unpaired) electrons. The van der Waals surface area contributed by atoms with Crippen molar-refractivity contribution < 1.29 is 13.6 Å². The van der Waals surface area contributed by atoms with Gasteiger partial charge in [0.1, 0.15) is 0 Å². The van der Waals surface area contributed by atoms with Crippen LogP contribution in [0.4, 0.5) is 8.78 Å². The molecule has 32 heavy (non-hydrogen) atoms. The number of hydrogen-bond donors (Lipinski definition) is 0. The van der Waals surface area contributed by atoms with Gasteiger partial charge in [-0.15, -0.1) is 5.10 Å². The van der Waals surface area contributed by atoms with E-state index in [1.807, 2.05) is 20.8 Å². The van der Waals surface area contributed by atoms with Crippen LogP contribution in [0.5, 0.6) is 0 Å². The Balaban J connectivity index is 1.83. The number of hydrogen-bond acceptors (Lipinski definition) is 4. The summed E-state index contributed by atoms with van der Waals surface area (Å²) in [5.74, 6) is -0.641. The van der Waals surface area contributed by atoms with Gasteiger partial charge in [0.2, 0.25) is 0 Å². The van der Waals surface area contributed by atoms with Crippen LogP contribution in [0.3, 0.4) is 0 Å². The topological polar surface area (TPSA) is 60.7 Å². The Morgan fingerprint density at radius 1 is 1.00 bits per heavy atom. The van der Waals surface area contributed by atoms with Gasteiger partial charge in [-0.2, -0.15) is 4.68 Å². The quantitative estimate of drug-likeness (QED) is 0.449. The van der Waals surface area contributed by atoms with Crippen LogP contribution in [0.1, 0.15) is 70.1 Å². The Morgan fingerprint density at radius 3 is 2.34 bits per heavy atom.